The molecule has 0 aliphatic carbocycles. The Balaban J connectivity index is 1.51. The number of amides is 1. The minimum Gasteiger partial charge on any atom is -0.334 e. The topological polar surface area (TPSA) is 36.4 Å². The molecule has 26 heavy (non-hydrogen) atoms. The number of halogens is 1. The van der Waals surface area contributed by atoms with Gasteiger partial charge in [0.2, 0.25) is 0 Å². The highest BCUT2D eigenvalue weighted by atomic mass is 19.1. The second-order valence-corrected chi connectivity index (χ2v) is 7.23. The smallest absolute Gasteiger partial charge is 0.254 e. The van der Waals surface area contributed by atoms with Crippen LogP contribution < -0.4 is 0 Å². The number of aromatic nitrogens is 1. The molecule has 2 aromatic rings. The van der Waals surface area contributed by atoms with Gasteiger partial charge in [0, 0.05) is 42.7 Å². The van der Waals surface area contributed by atoms with E-state index in [0.29, 0.717) is 11.1 Å². The number of hydrogen-bond donors (Lipinski definition) is 0. The van der Waals surface area contributed by atoms with Gasteiger partial charge in [0.25, 0.3) is 5.91 Å². The summed E-state index contributed by atoms with van der Waals surface area (Å²) in [6.07, 6.45) is 7.86. The van der Waals surface area contributed by atoms with Gasteiger partial charge in [-0.05, 0) is 68.6 Å². The second-order valence-electron chi connectivity index (χ2n) is 7.23. The fourth-order valence-electron chi connectivity index (χ4n) is 4.14. The van der Waals surface area contributed by atoms with Crippen molar-refractivity contribution >= 4 is 5.91 Å². The molecule has 3 heterocycles. The molecular weight excluding hydrogens is 329 g/mol. The molecular formula is C21H24FN3O. The molecule has 1 atom stereocenters. The number of pyridine rings is 1. The first kappa shape index (κ1) is 17.2. The summed E-state index contributed by atoms with van der Waals surface area (Å²) in [4.78, 5) is 21.3. The Morgan fingerprint density at radius 3 is 2.58 bits per heavy atom. The Bertz CT molecular complexity index is 774. The molecule has 1 aromatic carbocycles. The molecule has 1 amide bonds. The lowest BCUT2D eigenvalue weighted by molar-refractivity contribution is 0.0708. The number of benzene rings is 1. The first-order chi connectivity index (χ1) is 12.7. The van der Waals surface area contributed by atoms with Crippen LogP contribution in [0.3, 0.4) is 0 Å². The normalized spacial score (nSPS) is 20.7. The molecule has 136 valence electrons. The lowest BCUT2D eigenvalue weighted by atomic mass is 10.0. The van der Waals surface area contributed by atoms with Crippen LogP contribution in [0.1, 0.15) is 36.0 Å². The zero-order valence-corrected chi connectivity index (χ0v) is 14.9. The van der Waals surface area contributed by atoms with Crippen LogP contribution in [0, 0.1) is 5.82 Å². The van der Waals surface area contributed by atoms with Gasteiger partial charge in [0.05, 0.1) is 0 Å². The van der Waals surface area contributed by atoms with Crippen molar-refractivity contribution in [3.8, 4) is 11.1 Å². The van der Waals surface area contributed by atoms with Crippen molar-refractivity contribution in [2.24, 2.45) is 0 Å². The van der Waals surface area contributed by atoms with Crippen LogP contribution in [0.4, 0.5) is 4.39 Å². The summed E-state index contributed by atoms with van der Waals surface area (Å²) in [6, 6.07) is 8.61. The van der Waals surface area contributed by atoms with Crippen LogP contribution >= 0.6 is 0 Å². The van der Waals surface area contributed by atoms with Gasteiger partial charge in [0.15, 0.2) is 0 Å². The molecule has 2 fully saturated rings. The second kappa shape index (κ2) is 7.54. The van der Waals surface area contributed by atoms with Gasteiger partial charge < -0.3 is 9.80 Å². The molecule has 0 saturated carbocycles. The van der Waals surface area contributed by atoms with Crippen LogP contribution in [0.2, 0.25) is 0 Å². The third kappa shape index (κ3) is 3.49. The number of likely N-dealkylation sites (tertiary alicyclic amines) is 2. The Hall–Kier alpha value is -2.27. The number of carbonyl (C=O) groups excluding carboxylic acids is 1. The fraction of sp³-hybridized carbons (Fsp3) is 0.429. The molecule has 0 bridgehead atoms. The Labute approximate surface area is 153 Å². The minimum atomic E-state index is -0.364. The Morgan fingerprint density at radius 1 is 1.08 bits per heavy atom. The van der Waals surface area contributed by atoms with E-state index in [0.717, 1.165) is 44.6 Å². The standard InChI is InChI=1S/C21H24FN3O/c22-20-14-17(5-6-19(20)16-7-9-23-10-8-16)21(26)25-13-3-4-18(25)15-24-11-1-2-12-24/h5-10,14,18H,1-4,11-13,15H2/t18-/m0/s1. The molecule has 5 heteroatoms. The minimum absolute atomic E-state index is 0.0492. The number of hydrogen-bond acceptors (Lipinski definition) is 3. The van der Waals surface area contributed by atoms with Crippen molar-refractivity contribution < 1.29 is 9.18 Å². The monoisotopic (exact) mass is 353 g/mol. The summed E-state index contributed by atoms with van der Waals surface area (Å²) in [7, 11) is 0. The van der Waals surface area contributed by atoms with Gasteiger partial charge >= 0.3 is 0 Å². The summed E-state index contributed by atoms with van der Waals surface area (Å²) < 4.78 is 14.6. The fourth-order valence-corrected chi connectivity index (χ4v) is 4.14. The Kier molecular flexibility index (Phi) is 4.98. The number of rotatable bonds is 4. The largest absolute Gasteiger partial charge is 0.334 e. The lowest BCUT2D eigenvalue weighted by Crippen LogP contribution is -2.42. The van der Waals surface area contributed by atoms with Crippen molar-refractivity contribution in [1.82, 2.24) is 14.8 Å². The molecule has 4 rings (SSSR count). The maximum Gasteiger partial charge on any atom is 0.254 e. The summed E-state index contributed by atoms with van der Waals surface area (Å²) in [5.74, 6) is -0.413. The van der Waals surface area contributed by atoms with E-state index >= 15 is 0 Å². The molecule has 4 nitrogen and oxygen atoms in total. The Morgan fingerprint density at radius 2 is 1.85 bits per heavy atom. The molecule has 2 aliphatic heterocycles. The summed E-state index contributed by atoms with van der Waals surface area (Å²) in [6.45, 7) is 3.98. The van der Waals surface area contributed by atoms with Crippen LogP contribution in [-0.2, 0) is 0 Å². The van der Waals surface area contributed by atoms with Crippen molar-refractivity contribution in [3.05, 3.63) is 54.1 Å². The van der Waals surface area contributed by atoms with Gasteiger partial charge in [-0.2, -0.15) is 0 Å². The molecule has 0 radical (unpaired) electrons. The van der Waals surface area contributed by atoms with E-state index in [1.807, 2.05) is 4.90 Å². The average Bonchev–Trinajstić information content (AvgIpc) is 3.34. The SMILES string of the molecule is O=C(c1ccc(-c2ccncc2)c(F)c1)N1CCC[C@H]1CN1CCCC1. The molecule has 2 saturated heterocycles. The quantitative estimate of drug-likeness (QED) is 0.843. The summed E-state index contributed by atoms with van der Waals surface area (Å²) in [5.41, 5.74) is 1.71. The van der Waals surface area contributed by atoms with Gasteiger partial charge in [-0.1, -0.05) is 6.07 Å². The molecule has 0 N–H and O–H groups in total. The predicted molar refractivity (Wildman–Crippen MR) is 99.4 cm³/mol. The third-order valence-electron chi connectivity index (χ3n) is 5.51. The number of nitrogens with zero attached hydrogens (tertiary/aromatic N) is 3. The van der Waals surface area contributed by atoms with Gasteiger partial charge in [0.1, 0.15) is 5.82 Å². The van der Waals surface area contributed by atoms with Gasteiger partial charge in [-0.25, -0.2) is 4.39 Å². The molecule has 1 aromatic heterocycles. The highest BCUT2D eigenvalue weighted by Gasteiger charge is 2.31. The van der Waals surface area contributed by atoms with E-state index in [4.69, 9.17) is 0 Å². The summed E-state index contributed by atoms with van der Waals surface area (Å²) >= 11 is 0. The predicted octanol–water partition coefficient (Wildman–Crippen LogP) is 3.59. The summed E-state index contributed by atoms with van der Waals surface area (Å²) in [5, 5.41) is 0. The van der Waals surface area contributed by atoms with Crippen LogP contribution in [0.25, 0.3) is 11.1 Å². The van der Waals surface area contributed by atoms with E-state index in [1.54, 1.807) is 36.7 Å². The zero-order chi connectivity index (χ0) is 17.9. The van der Waals surface area contributed by atoms with E-state index in [9.17, 15) is 9.18 Å². The van der Waals surface area contributed by atoms with Crippen LogP contribution in [0.5, 0.6) is 0 Å². The molecule has 0 unspecified atom stereocenters. The van der Waals surface area contributed by atoms with Crippen LogP contribution in [0.15, 0.2) is 42.7 Å². The average molecular weight is 353 g/mol. The maximum atomic E-state index is 14.6. The van der Waals surface area contributed by atoms with E-state index in [2.05, 4.69) is 9.88 Å². The highest BCUT2D eigenvalue weighted by molar-refractivity contribution is 5.95. The van der Waals surface area contributed by atoms with Crippen molar-refractivity contribution in [2.75, 3.05) is 26.2 Å². The van der Waals surface area contributed by atoms with E-state index in [-0.39, 0.29) is 17.8 Å². The van der Waals surface area contributed by atoms with E-state index in [1.165, 1.54) is 18.9 Å². The van der Waals surface area contributed by atoms with Gasteiger partial charge in [-0.3, -0.25) is 9.78 Å². The van der Waals surface area contributed by atoms with Crippen molar-refractivity contribution in [3.63, 3.8) is 0 Å². The highest BCUT2D eigenvalue weighted by Crippen LogP contribution is 2.26. The number of carbonyl (C=O) groups is 1. The zero-order valence-electron chi connectivity index (χ0n) is 14.9. The maximum absolute atomic E-state index is 14.6. The molecule has 0 spiro atoms. The van der Waals surface area contributed by atoms with Crippen LogP contribution in [-0.4, -0.2) is 52.9 Å². The third-order valence-corrected chi connectivity index (χ3v) is 5.51. The van der Waals surface area contributed by atoms with Crippen molar-refractivity contribution in [1.29, 1.82) is 0 Å². The lowest BCUT2D eigenvalue weighted by Gasteiger charge is -2.28. The first-order valence-corrected chi connectivity index (χ1v) is 9.45. The first-order valence-electron chi connectivity index (χ1n) is 9.45. The van der Waals surface area contributed by atoms with Crippen molar-refractivity contribution in [2.45, 2.75) is 31.7 Å². The van der Waals surface area contributed by atoms with E-state index < -0.39 is 0 Å². The van der Waals surface area contributed by atoms with Gasteiger partial charge in [-0.15, -0.1) is 0 Å². The molecule has 2 aliphatic rings.